The molecule has 0 aliphatic rings. The minimum atomic E-state index is -0.830. The van der Waals surface area contributed by atoms with Crippen molar-refractivity contribution in [1.29, 1.82) is 0 Å². The molecule has 0 fully saturated rings. The van der Waals surface area contributed by atoms with Crippen molar-refractivity contribution in [2.24, 2.45) is 0 Å². The van der Waals surface area contributed by atoms with Crippen molar-refractivity contribution in [1.82, 2.24) is 5.32 Å². The van der Waals surface area contributed by atoms with Crippen LogP contribution in [-0.4, -0.2) is 30.8 Å². The topological polar surface area (TPSA) is 64.6 Å². The smallest absolute Gasteiger partial charge is 0.408 e. The van der Waals surface area contributed by atoms with Gasteiger partial charge in [0, 0.05) is 11.4 Å². The van der Waals surface area contributed by atoms with Crippen molar-refractivity contribution in [3.8, 4) is 0 Å². The third-order valence-corrected chi connectivity index (χ3v) is 2.74. The van der Waals surface area contributed by atoms with E-state index >= 15 is 0 Å². The zero-order valence-corrected chi connectivity index (χ0v) is 13.4. The third kappa shape index (κ3) is 6.49. The van der Waals surface area contributed by atoms with Gasteiger partial charge < -0.3 is 14.8 Å². The van der Waals surface area contributed by atoms with Crippen LogP contribution in [0, 0.1) is 0 Å². The van der Waals surface area contributed by atoms with Crippen molar-refractivity contribution in [2.45, 2.75) is 38.8 Å². The van der Waals surface area contributed by atoms with Gasteiger partial charge in [0.2, 0.25) is 0 Å². The monoisotopic (exact) mass is 313 g/mol. The molecule has 0 unspecified atom stereocenters. The van der Waals surface area contributed by atoms with Crippen LogP contribution in [0.5, 0.6) is 0 Å². The second-order valence-corrected chi connectivity index (χ2v) is 5.99. The fraction of sp³-hybridized carbons (Fsp3) is 0.467. The van der Waals surface area contributed by atoms with Gasteiger partial charge in [-0.25, -0.2) is 9.59 Å². The summed E-state index contributed by atoms with van der Waals surface area (Å²) < 4.78 is 9.84. The Kier molecular flexibility index (Phi) is 6.03. The number of hydrogen-bond donors (Lipinski definition) is 1. The number of benzene rings is 1. The summed E-state index contributed by atoms with van der Waals surface area (Å²) in [5.74, 6) is -0.541. The molecule has 116 valence electrons. The van der Waals surface area contributed by atoms with Crippen molar-refractivity contribution in [3.63, 3.8) is 0 Å². The number of ether oxygens (including phenoxy) is 2. The standard InChI is InChI=1S/C15H20ClNO4/c1-15(2,3)21-14(19)17-12(13(18)20-4)9-10-6-5-7-11(16)8-10/h5-8,12H,9H2,1-4H3,(H,17,19)/t12-/m0/s1. The molecular formula is C15H20ClNO4. The maximum absolute atomic E-state index is 11.8. The summed E-state index contributed by atoms with van der Waals surface area (Å²) in [6, 6.07) is 6.23. The first-order valence-corrected chi connectivity index (χ1v) is 6.91. The van der Waals surface area contributed by atoms with E-state index in [4.69, 9.17) is 21.1 Å². The Morgan fingerprint density at radius 3 is 2.52 bits per heavy atom. The van der Waals surface area contributed by atoms with Gasteiger partial charge in [-0.1, -0.05) is 23.7 Å². The molecule has 0 saturated heterocycles. The molecule has 6 heteroatoms. The van der Waals surface area contributed by atoms with Crippen LogP contribution in [0.1, 0.15) is 26.3 Å². The predicted molar refractivity (Wildman–Crippen MR) is 80.3 cm³/mol. The first-order chi connectivity index (χ1) is 9.71. The number of carbonyl (C=O) groups excluding carboxylic acids is 2. The van der Waals surface area contributed by atoms with Crippen molar-refractivity contribution in [2.75, 3.05) is 7.11 Å². The van der Waals surface area contributed by atoms with Crippen LogP contribution in [0.15, 0.2) is 24.3 Å². The maximum Gasteiger partial charge on any atom is 0.408 e. The van der Waals surface area contributed by atoms with Crippen molar-refractivity contribution < 1.29 is 19.1 Å². The lowest BCUT2D eigenvalue weighted by atomic mass is 10.1. The highest BCUT2D eigenvalue weighted by atomic mass is 35.5. The fourth-order valence-electron chi connectivity index (χ4n) is 1.69. The lowest BCUT2D eigenvalue weighted by Crippen LogP contribution is -2.45. The van der Waals surface area contributed by atoms with E-state index < -0.39 is 23.7 Å². The van der Waals surface area contributed by atoms with Gasteiger partial charge in [0.15, 0.2) is 0 Å². The molecule has 1 atom stereocenters. The van der Waals surface area contributed by atoms with E-state index in [0.717, 1.165) is 5.56 Å². The first-order valence-electron chi connectivity index (χ1n) is 6.53. The number of methoxy groups -OCH3 is 1. The Morgan fingerprint density at radius 2 is 2.00 bits per heavy atom. The lowest BCUT2D eigenvalue weighted by molar-refractivity contribution is -0.143. The minimum absolute atomic E-state index is 0.270. The number of rotatable bonds is 4. The van der Waals surface area contributed by atoms with E-state index in [9.17, 15) is 9.59 Å². The van der Waals surface area contributed by atoms with Crippen LogP contribution in [0.2, 0.25) is 5.02 Å². The molecule has 1 aromatic carbocycles. The molecular weight excluding hydrogens is 294 g/mol. The second-order valence-electron chi connectivity index (χ2n) is 5.56. The predicted octanol–water partition coefficient (Wildman–Crippen LogP) is 2.95. The summed E-state index contributed by atoms with van der Waals surface area (Å²) in [5.41, 5.74) is 0.176. The first kappa shape index (κ1) is 17.3. The summed E-state index contributed by atoms with van der Waals surface area (Å²) in [7, 11) is 1.27. The summed E-state index contributed by atoms with van der Waals surface area (Å²) >= 11 is 5.91. The van der Waals surface area contributed by atoms with Crippen LogP contribution in [-0.2, 0) is 20.7 Å². The van der Waals surface area contributed by atoms with Gasteiger partial charge in [0.1, 0.15) is 11.6 Å². The van der Waals surface area contributed by atoms with E-state index in [1.54, 1.807) is 39.0 Å². The number of carbonyl (C=O) groups is 2. The van der Waals surface area contributed by atoms with Gasteiger partial charge in [0.25, 0.3) is 0 Å². The van der Waals surface area contributed by atoms with Crippen molar-refractivity contribution in [3.05, 3.63) is 34.9 Å². The summed E-state index contributed by atoms with van der Waals surface area (Å²) in [4.78, 5) is 23.6. The number of esters is 1. The molecule has 1 rings (SSSR count). The Hall–Kier alpha value is -1.75. The van der Waals surface area contributed by atoms with Gasteiger partial charge in [0.05, 0.1) is 7.11 Å². The fourth-order valence-corrected chi connectivity index (χ4v) is 1.90. The molecule has 0 aliphatic heterocycles. The quantitative estimate of drug-likeness (QED) is 0.868. The molecule has 21 heavy (non-hydrogen) atoms. The number of amides is 1. The number of hydrogen-bond acceptors (Lipinski definition) is 4. The maximum atomic E-state index is 11.8. The molecule has 0 heterocycles. The van der Waals surface area contributed by atoms with Gasteiger partial charge in [-0.05, 0) is 38.5 Å². The van der Waals surface area contributed by atoms with Gasteiger partial charge in [-0.15, -0.1) is 0 Å². The Morgan fingerprint density at radius 1 is 1.33 bits per heavy atom. The van der Waals surface area contributed by atoms with E-state index in [1.165, 1.54) is 7.11 Å². The largest absolute Gasteiger partial charge is 0.467 e. The normalized spacial score (nSPS) is 12.4. The summed E-state index contributed by atoms with van der Waals surface area (Å²) in [6.45, 7) is 5.24. The van der Waals surface area contributed by atoms with Crippen LogP contribution >= 0.6 is 11.6 Å². The Labute approximate surface area is 129 Å². The Bertz CT molecular complexity index is 511. The van der Waals surface area contributed by atoms with Crippen LogP contribution in [0.3, 0.4) is 0 Å². The molecule has 0 spiro atoms. The van der Waals surface area contributed by atoms with Gasteiger partial charge in [-0.3, -0.25) is 0 Å². The highest BCUT2D eigenvalue weighted by Gasteiger charge is 2.25. The molecule has 0 bridgehead atoms. The third-order valence-electron chi connectivity index (χ3n) is 2.51. The van der Waals surface area contributed by atoms with E-state index in [2.05, 4.69) is 5.32 Å². The minimum Gasteiger partial charge on any atom is -0.467 e. The van der Waals surface area contributed by atoms with E-state index in [1.807, 2.05) is 6.07 Å². The average Bonchev–Trinajstić information content (AvgIpc) is 2.34. The summed E-state index contributed by atoms with van der Waals surface area (Å²) in [6.07, 6.45) is -0.396. The highest BCUT2D eigenvalue weighted by molar-refractivity contribution is 6.30. The van der Waals surface area contributed by atoms with Gasteiger partial charge in [-0.2, -0.15) is 0 Å². The highest BCUT2D eigenvalue weighted by Crippen LogP contribution is 2.13. The SMILES string of the molecule is COC(=O)[C@H](Cc1cccc(Cl)c1)NC(=O)OC(C)(C)C. The number of alkyl carbamates (subject to hydrolysis) is 1. The molecule has 0 saturated carbocycles. The van der Waals surface area contributed by atoms with Crippen LogP contribution in [0.4, 0.5) is 4.79 Å². The second kappa shape index (κ2) is 7.31. The molecule has 0 radical (unpaired) electrons. The van der Waals surface area contributed by atoms with Crippen molar-refractivity contribution >= 4 is 23.7 Å². The molecule has 1 aromatic rings. The molecule has 5 nitrogen and oxygen atoms in total. The molecule has 1 N–H and O–H groups in total. The Balaban J connectivity index is 2.77. The zero-order chi connectivity index (χ0) is 16.0. The van der Waals surface area contributed by atoms with Gasteiger partial charge >= 0.3 is 12.1 Å². The number of nitrogens with one attached hydrogen (secondary N) is 1. The van der Waals surface area contributed by atoms with Crippen LogP contribution in [0.25, 0.3) is 0 Å². The average molecular weight is 314 g/mol. The number of halogens is 1. The molecule has 0 aliphatic carbocycles. The van der Waals surface area contributed by atoms with Crippen LogP contribution < -0.4 is 5.32 Å². The molecule has 0 aromatic heterocycles. The van der Waals surface area contributed by atoms with E-state index in [-0.39, 0.29) is 6.42 Å². The van der Waals surface area contributed by atoms with E-state index in [0.29, 0.717) is 5.02 Å². The lowest BCUT2D eigenvalue weighted by Gasteiger charge is -2.22. The molecule has 1 amide bonds. The zero-order valence-electron chi connectivity index (χ0n) is 12.6. The summed E-state index contributed by atoms with van der Waals surface area (Å²) in [5, 5.41) is 3.08.